The number of hydrogen-bond donors (Lipinski definition) is 0. The van der Waals surface area contributed by atoms with E-state index in [2.05, 4.69) is 0 Å². The minimum Gasteiger partial charge on any atom is -0.447 e. The number of amides is 2. The fraction of sp³-hybridized carbons (Fsp3) is 0.882. The summed E-state index contributed by atoms with van der Waals surface area (Å²) in [5.74, 6) is -0.922. The number of carbonyl (C=O) groups is 2. The Balaban J connectivity index is 2.96. The van der Waals surface area contributed by atoms with Crippen LogP contribution in [-0.2, 0) is 19.0 Å². The van der Waals surface area contributed by atoms with Crippen molar-refractivity contribution in [3.05, 3.63) is 0 Å². The van der Waals surface area contributed by atoms with Crippen LogP contribution in [0.1, 0.15) is 55.4 Å². The van der Waals surface area contributed by atoms with E-state index in [1.165, 1.54) is 4.90 Å². The second-order valence-corrected chi connectivity index (χ2v) is 7.69. The maximum absolute atomic E-state index is 12.9. The minimum atomic E-state index is -0.698. The van der Waals surface area contributed by atoms with Gasteiger partial charge in [0.25, 0.3) is 0 Å². The minimum absolute atomic E-state index is 0.0852. The van der Waals surface area contributed by atoms with Crippen LogP contribution in [0.2, 0.25) is 0 Å². The van der Waals surface area contributed by atoms with Crippen LogP contribution in [0.4, 0.5) is 4.79 Å². The molecule has 1 fully saturated rings. The van der Waals surface area contributed by atoms with Gasteiger partial charge in [0.2, 0.25) is 5.91 Å². The van der Waals surface area contributed by atoms with E-state index >= 15 is 0 Å². The standard InChI is InChI=1S/C17H31NO5/c1-10(2)22-15(23-11(3)4)12(5)14(19)18-13(17(6,7)8)9-21-16(18)20/h10-13,15H,9H2,1-8H3/t12-,13-/m1/s1. The predicted octanol–water partition coefficient (Wildman–Crippen LogP) is 3.19. The summed E-state index contributed by atoms with van der Waals surface area (Å²) in [7, 11) is 0. The molecule has 0 radical (unpaired) electrons. The van der Waals surface area contributed by atoms with Gasteiger partial charge in [-0.2, -0.15) is 0 Å². The molecular formula is C17H31NO5. The summed E-state index contributed by atoms with van der Waals surface area (Å²) < 4.78 is 16.6. The van der Waals surface area contributed by atoms with Gasteiger partial charge in [0.05, 0.1) is 24.2 Å². The lowest BCUT2D eigenvalue weighted by molar-refractivity contribution is -0.207. The average molecular weight is 329 g/mol. The molecule has 0 saturated carbocycles. The van der Waals surface area contributed by atoms with Crippen molar-refractivity contribution in [2.24, 2.45) is 11.3 Å². The van der Waals surface area contributed by atoms with Gasteiger partial charge in [-0.1, -0.05) is 20.8 Å². The van der Waals surface area contributed by atoms with E-state index in [0.717, 1.165) is 0 Å². The second-order valence-electron chi connectivity index (χ2n) is 7.69. The first-order valence-corrected chi connectivity index (χ1v) is 8.25. The summed E-state index contributed by atoms with van der Waals surface area (Å²) in [5, 5.41) is 0. The first-order chi connectivity index (χ1) is 10.4. The Kier molecular flexibility index (Phi) is 6.59. The molecule has 0 aromatic rings. The number of cyclic esters (lactones) is 1. The highest BCUT2D eigenvalue weighted by Crippen LogP contribution is 2.31. The van der Waals surface area contributed by atoms with Gasteiger partial charge in [-0.15, -0.1) is 0 Å². The van der Waals surface area contributed by atoms with E-state index in [1.54, 1.807) is 6.92 Å². The van der Waals surface area contributed by atoms with Crippen molar-refractivity contribution in [2.75, 3.05) is 6.61 Å². The number of carbonyl (C=O) groups excluding carboxylic acids is 2. The second kappa shape index (κ2) is 7.62. The Hall–Kier alpha value is -1.14. The van der Waals surface area contributed by atoms with Crippen LogP contribution in [0.3, 0.4) is 0 Å². The molecule has 1 aliphatic heterocycles. The third-order valence-corrected chi connectivity index (χ3v) is 3.72. The Morgan fingerprint density at radius 2 is 1.61 bits per heavy atom. The van der Waals surface area contributed by atoms with Crippen LogP contribution < -0.4 is 0 Å². The van der Waals surface area contributed by atoms with E-state index in [4.69, 9.17) is 14.2 Å². The van der Waals surface area contributed by atoms with Crippen LogP contribution in [0.15, 0.2) is 0 Å². The number of ether oxygens (including phenoxy) is 3. The molecule has 1 heterocycles. The Labute approximate surface area is 139 Å². The third-order valence-electron chi connectivity index (χ3n) is 3.72. The zero-order valence-corrected chi connectivity index (χ0v) is 15.6. The Bertz CT molecular complexity index is 417. The molecule has 6 nitrogen and oxygen atoms in total. The predicted molar refractivity (Wildman–Crippen MR) is 86.8 cm³/mol. The van der Waals surface area contributed by atoms with Crippen LogP contribution >= 0.6 is 0 Å². The van der Waals surface area contributed by atoms with Crippen LogP contribution in [-0.4, -0.2) is 48.0 Å². The summed E-state index contributed by atoms with van der Waals surface area (Å²) in [5.41, 5.74) is -0.255. The number of imide groups is 1. The molecule has 1 aliphatic rings. The first-order valence-electron chi connectivity index (χ1n) is 8.25. The molecular weight excluding hydrogens is 298 g/mol. The lowest BCUT2D eigenvalue weighted by atomic mass is 9.86. The monoisotopic (exact) mass is 329 g/mol. The van der Waals surface area contributed by atoms with Gasteiger partial charge >= 0.3 is 6.09 Å². The first kappa shape index (κ1) is 19.9. The molecule has 0 aromatic carbocycles. The number of nitrogens with zero attached hydrogens (tertiary/aromatic N) is 1. The van der Waals surface area contributed by atoms with E-state index in [9.17, 15) is 9.59 Å². The summed E-state index contributed by atoms with van der Waals surface area (Å²) >= 11 is 0. The molecule has 134 valence electrons. The molecule has 0 spiro atoms. The Morgan fingerprint density at radius 1 is 1.13 bits per heavy atom. The van der Waals surface area contributed by atoms with Crippen molar-refractivity contribution in [2.45, 2.75) is 79.9 Å². The normalized spacial score (nSPS) is 20.6. The van der Waals surface area contributed by atoms with E-state index < -0.39 is 18.3 Å². The van der Waals surface area contributed by atoms with Crippen molar-refractivity contribution in [1.82, 2.24) is 4.90 Å². The highest BCUT2D eigenvalue weighted by atomic mass is 16.7. The lowest BCUT2D eigenvalue weighted by Gasteiger charge is -2.34. The van der Waals surface area contributed by atoms with Gasteiger partial charge in [0, 0.05) is 0 Å². The maximum Gasteiger partial charge on any atom is 0.417 e. The van der Waals surface area contributed by atoms with Crippen molar-refractivity contribution in [1.29, 1.82) is 0 Å². The average Bonchev–Trinajstić information content (AvgIpc) is 2.77. The van der Waals surface area contributed by atoms with Crippen molar-refractivity contribution in [3.63, 3.8) is 0 Å². The molecule has 23 heavy (non-hydrogen) atoms. The summed E-state index contributed by atoms with van der Waals surface area (Å²) in [6, 6.07) is -0.288. The highest BCUT2D eigenvalue weighted by Gasteiger charge is 2.46. The number of hydrogen-bond acceptors (Lipinski definition) is 5. The highest BCUT2D eigenvalue weighted by molar-refractivity contribution is 5.95. The molecule has 0 aromatic heterocycles. The van der Waals surface area contributed by atoms with Crippen molar-refractivity contribution >= 4 is 12.0 Å². The SMILES string of the molecule is CC(C)OC(OC(C)C)[C@H](C)C(=O)N1C(=O)OC[C@@H]1C(C)(C)C. The molecule has 0 aliphatic carbocycles. The van der Waals surface area contributed by atoms with Crippen LogP contribution in [0, 0.1) is 11.3 Å². The van der Waals surface area contributed by atoms with E-state index in [1.807, 2.05) is 48.5 Å². The maximum atomic E-state index is 12.9. The molecule has 1 saturated heterocycles. The van der Waals surface area contributed by atoms with Crippen LogP contribution in [0.5, 0.6) is 0 Å². The van der Waals surface area contributed by atoms with Crippen LogP contribution in [0.25, 0.3) is 0 Å². The van der Waals surface area contributed by atoms with Crippen molar-refractivity contribution < 1.29 is 23.8 Å². The quantitative estimate of drug-likeness (QED) is 0.700. The largest absolute Gasteiger partial charge is 0.447 e. The molecule has 2 atom stereocenters. The lowest BCUT2D eigenvalue weighted by Crippen LogP contribution is -2.50. The number of rotatable bonds is 6. The van der Waals surface area contributed by atoms with Crippen molar-refractivity contribution in [3.8, 4) is 0 Å². The molecule has 2 amide bonds. The van der Waals surface area contributed by atoms with Gasteiger partial charge in [-0.3, -0.25) is 4.79 Å². The summed E-state index contributed by atoms with van der Waals surface area (Å²) in [4.78, 5) is 26.2. The van der Waals surface area contributed by atoms with E-state index in [-0.39, 0.29) is 36.2 Å². The fourth-order valence-electron chi connectivity index (χ4n) is 2.44. The summed E-state index contributed by atoms with van der Waals surface area (Å²) in [6.45, 7) is 15.4. The zero-order valence-electron chi connectivity index (χ0n) is 15.6. The molecule has 0 bridgehead atoms. The van der Waals surface area contributed by atoms with Gasteiger partial charge < -0.3 is 14.2 Å². The molecule has 1 rings (SSSR count). The molecule has 0 N–H and O–H groups in total. The third kappa shape index (κ3) is 5.18. The molecule has 6 heteroatoms. The smallest absolute Gasteiger partial charge is 0.417 e. The molecule has 0 unspecified atom stereocenters. The van der Waals surface area contributed by atoms with Gasteiger partial charge in [0.1, 0.15) is 6.61 Å². The van der Waals surface area contributed by atoms with Gasteiger partial charge in [-0.25, -0.2) is 9.69 Å². The topological polar surface area (TPSA) is 65.1 Å². The summed E-state index contributed by atoms with van der Waals surface area (Å²) in [6.07, 6.45) is -1.46. The van der Waals surface area contributed by atoms with Gasteiger partial charge in [-0.05, 0) is 40.0 Å². The zero-order chi connectivity index (χ0) is 17.9. The van der Waals surface area contributed by atoms with E-state index in [0.29, 0.717) is 0 Å². The Morgan fingerprint density at radius 3 is 2.00 bits per heavy atom. The van der Waals surface area contributed by atoms with Gasteiger partial charge in [0.15, 0.2) is 6.29 Å². The fourth-order valence-corrected chi connectivity index (χ4v) is 2.44.